The largest absolute Gasteiger partial charge is 0.496 e. The van der Waals surface area contributed by atoms with Crippen molar-refractivity contribution in [2.45, 2.75) is 0 Å². The number of benzene rings is 2. The monoisotopic (exact) mass is 279 g/mol. The highest BCUT2D eigenvalue weighted by Crippen LogP contribution is 2.25. The first-order valence-corrected chi connectivity index (χ1v) is 6.49. The second-order valence-corrected chi connectivity index (χ2v) is 4.43. The van der Waals surface area contributed by atoms with Gasteiger partial charge in [0.2, 0.25) is 0 Å². The van der Waals surface area contributed by atoms with Crippen molar-refractivity contribution < 1.29 is 14.3 Å². The molecule has 21 heavy (non-hydrogen) atoms. The predicted molar refractivity (Wildman–Crippen MR) is 79.7 cm³/mol. The van der Waals surface area contributed by atoms with Gasteiger partial charge in [-0.3, -0.25) is 0 Å². The maximum absolute atomic E-state index is 12.2. The third-order valence-electron chi connectivity index (χ3n) is 3.06. The van der Waals surface area contributed by atoms with Crippen molar-refractivity contribution in [3.8, 4) is 11.5 Å². The van der Waals surface area contributed by atoms with E-state index in [-0.39, 0.29) is 5.69 Å². The van der Waals surface area contributed by atoms with Gasteiger partial charge in [-0.1, -0.05) is 30.3 Å². The standard InChI is InChI=1S/C17H13NO3/c1-20-16-11-15(18-14-10-6-5-9-13(14)16)17(19)21-12-7-3-2-4-8-12/h2-11H,1H3. The lowest BCUT2D eigenvalue weighted by Gasteiger charge is -2.08. The van der Waals surface area contributed by atoms with E-state index in [1.807, 2.05) is 30.3 Å². The molecule has 3 aromatic rings. The molecule has 0 saturated heterocycles. The lowest BCUT2D eigenvalue weighted by atomic mass is 10.2. The van der Waals surface area contributed by atoms with Crippen molar-refractivity contribution in [3.05, 3.63) is 66.4 Å². The summed E-state index contributed by atoms with van der Waals surface area (Å²) in [6.07, 6.45) is 0. The van der Waals surface area contributed by atoms with Gasteiger partial charge in [0.1, 0.15) is 11.5 Å². The van der Waals surface area contributed by atoms with Crippen molar-refractivity contribution in [1.29, 1.82) is 0 Å². The predicted octanol–water partition coefficient (Wildman–Crippen LogP) is 3.46. The Labute approximate surface area is 122 Å². The fourth-order valence-corrected chi connectivity index (χ4v) is 2.06. The Kier molecular flexibility index (Phi) is 3.51. The van der Waals surface area contributed by atoms with E-state index in [1.165, 1.54) is 0 Å². The quantitative estimate of drug-likeness (QED) is 0.544. The molecule has 4 nitrogen and oxygen atoms in total. The number of para-hydroxylation sites is 2. The summed E-state index contributed by atoms with van der Waals surface area (Å²) in [5.41, 5.74) is 0.909. The van der Waals surface area contributed by atoms with Gasteiger partial charge in [-0.15, -0.1) is 0 Å². The molecule has 104 valence electrons. The third-order valence-corrected chi connectivity index (χ3v) is 3.06. The minimum Gasteiger partial charge on any atom is -0.496 e. The molecule has 0 saturated carbocycles. The molecule has 4 heteroatoms. The van der Waals surface area contributed by atoms with E-state index in [0.717, 1.165) is 5.39 Å². The number of hydrogen-bond acceptors (Lipinski definition) is 4. The normalized spacial score (nSPS) is 10.3. The number of nitrogens with zero attached hydrogens (tertiary/aromatic N) is 1. The summed E-state index contributed by atoms with van der Waals surface area (Å²) in [6, 6.07) is 18.0. The minimum atomic E-state index is -0.509. The van der Waals surface area contributed by atoms with Gasteiger partial charge in [0.25, 0.3) is 0 Å². The van der Waals surface area contributed by atoms with Crippen molar-refractivity contribution in [2.75, 3.05) is 7.11 Å². The van der Waals surface area contributed by atoms with Crippen LogP contribution in [0.2, 0.25) is 0 Å². The smallest absolute Gasteiger partial charge is 0.362 e. The Balaban J connectivity index is 1.98. The first-order valence-electron chi connectivity index (χ1n) is 6.49. The van der Waals surface area contributed by atoms with Crippen LogP contribution in [0.4, 0.5) is 0 Å². The highest BCUT2D eigenvalue weighted by atomic mass is 16.5. The number of methoxy groups -OCH3 is 1. The molecule has 2 aromatic carbocycles. The van der Waals surface area contributed by atoms with Crippen LogP contribution in [0.5, 0.6) is 11.5 Å². The van der Waals surface area contributed by atoms with Crippen LogP contribution in [0, 0.1) is 0 Å². The number of rotatable bonds is 3. The van der Waals surface area contributed by atoms with Crippen molar-refractivity contribution in [2.24, 2.45) is 0 Å². The van der Waals surface area contributed by atoms with Crippen LogP contribution < -0.4 is 9.47 Å². The van der Waals surface area contributed by atoms with Crippen LogP contribution >= 0.6 is 0 Å². The van der Waals surface area contributed by atoms with E-state index in [0.29, 0.717) is 17.0 Å². The van der Waals surface area contributed by atoms with E-state index in [4.69, 9.17) is 9.47 Å². The molecule has 0 bridgehead atoms. The molecule has 1 aromatic heterocycles. The zero-order valence-corrected chi connectivity index (χ0v) is 11.4. The van der Waals surface area contributed by atoms with Gasteiger partial charge in [0.05, 0.1) is 12.6 Å². The van der Waals surface area contributed by atoms with Gasteiger partial charge < -0.3 is 9.47 Å². The van der Waals surface area contributed by atoms with E-state index in [1.54, 1.807) is 37.4 Å². The van der Waals surface area contributed by atoms with Crippen LogP contribution in [0.15, 0.2) is 60.7 Å². The molecular formula is C17H13NO3. The van der Waals surface area contributed by atoms with Crippen molar-refractivity contribution >= 4 is 16.9 Å². The van der Waals surface area contributed by atoms with Crippen molar-refractivity contribution in [3.63, 3.8) is 0 Å². The highest BCUT2D eigenvalue weighted by Gasteiger charge is 2.14. The van der Waals surface area contributed by atoms with Gasteiger partial charge in [-0.25, -0.2) is 9.78 Å². The number of pyridine rings is 1. The van der Waals surface area contributed by atoms with Crippen molar-refractivity contribution in [1.82, 2.24) is 4.98 Å². The fourth-order valence-electron chi connectivity index (χ4n) is 2.06. The van der Waals surface area contributed by atoms with E-state index >= 15 is 0 Å². The first kappa shape index (κ1) is 13.1. The van der Waals surface area contributed by atoms with E-state index in [2.05, 4.69) is 4.98 Å². The average Bonchev–Trinajstić information content (AvgIpc) is 2.54. The third kappa shape index (κ3) is 2.69. The van der Waals surface area contributed by atoms with Gasteiger partial charge in [0, 0.05) is 11.5 Å². The number of esters is 1. The summed E-state index contributed by atoms with van der Waals surface area (Å²) >= 11 is 0. The van der Waals surface area contributed by atoms with E-state index < -0.39 is 5.97 Å². The van der Waals surface area contributed by atoms with Crippen LogP contribution in [0.25, 0.3) is 10.9 Å². The molecule has 0 N–H and O–H groups in total. The summed E-state index contributed by atoms with van der Waals surface area (Å²) in [6.45, 7) is 0. The molecule has 0 fully saturated rings. The van der Waals surface area contributed by atoms with Crippen LogP contribution in [0.1, 0.15) is 10.5 Å². The molecule has 0 spiro atoms. The molecule has 0 aliphatic heterocycles. The molecule has 0 unspecified atom stereocenters. The number of ether oxygens (including phenoxy) is 2. The molecule has 3 rings (SSSR count). The topological polar surface area (TPSA) is 48.4 Å². The molecule has 0 radical (unpaired) electrons. The maximum atomic E-state index is 12.2. The Bertz CT molecular complexity index is 784. The lowest BCUT2D eigenvalue weighted by molar-refractivity contribution is 0.0728. The number of carbonyl (C=O) groups is 1. The number of carbonyl (C=O) groups excluding carboxylic acids is 1. The molecule has 0 aliphatic rings. The Hall–Kier alpha value is -2.88. The van der Waals surface area contributed by atoms with Crippen LogP contribution in [-0.4, -0.2) is 18.1 Å². The average molecular weight is 279 g/mol. The molecule has 0 atom stereocenters. The first-order chi connectivity index (χ1) is 10.3. The van der Waals surface area contributed by atoms with Gasteiger partial charge in [-0.05, 0) is 24.3 Å². The van der Waals surface area contributed by atoms with Gasteiger partial charge in [-0.2, -0.15) is 0 Å². The zero-order chi connectivity index (χ0) is 14.7. The summed E-state index contributed by atoms with van der Waals surface area (Å²) in [5, 5.41) is 0.858. The van der Waals surface area contributed by atoms with Crippen LogP contribution in [-0.2, 0) is 0 Å². The second-order valence-electron chi connectivity index (χ2n) is 4.43. The number of aromatic nitrogens is 1. The highest BCUT2D eigenvalue weighted by molar-refractivity contribution is 5.94. The Morgan fingerprint density at radius 2 is 1.71 bits per heavy atom. The summed E-state index contributed by atoms with van der Waals surface area (Å²) in [7, 11) is 1.56. The Morgan fingerprint density at radius 3 is 2.48 bits per heavy atom. The maximum Gasteiger partial charge on any atom is 0.362 e. The number of hydrogen-bond donors (Lipinski definition) is 0. The summed E-state index contributed by atoms with van der Waals surface area (Å²) in [5.74, 6) is 0.572. The molecule has 0 aliphatic carbocycles. The number of fused-ring (bicyclic) bond motifs is 1. The molecule has 0 amide bonds. The van der Waals surface area contributed by atoms with Gasteiger partial charge in [0.15, 0.2) is 5.69 Å². The van der Waals surface area contributed by atoms with Gasteiger partial charge >= 0.3 is 5.97 Å². The lowest BCUT2D eigenvalue weighted by Crippen LogP contribution is -2.11. The minimum absolute atomic E-state index is 0.217. The Morgan fingerprint density at radius 1 is 1.00 bits per heavy atom. The summed E-state index contributed by atoms with van der Waals surface area (Å²) in [4.78, 5) is 16.5. The summed E-state index contributed by atoms with van der Waals surface area (Å²) < 4.78 is 10.6. The zero-order valence-electron chi connectivity index (χ0n) is 11.4. The fraction of sp³-hybridized carbons (Fsp3) is 0.0588. The van der Waals surface area contributed by atoms with Crippen LogP contribution in [0.3, 0.4) is 0 Å². The molecule has 1 heterocycles. The molecular weight excluding hydrogens is 266 g/mol. The van der Waals surface area contributed by atoms with E-state index in [9.17, 15) is 4.79 Å². The second kappa shape index (κ2) is 5.63. The SMILES string of the molecule is COc1cc(C(=O)Oc2ccccc2)nc2ccccc12.